The molecule has 0 unspecified atom stereocenters. The van der Waals surface area contributed by atoms with E-state index < -0.39 is 0 Å². The van der Waals surface area contributed by atoms with Gasteiger partial charge in [0.15, 0.2) is 0 Å². The summed E-state index contributed by atoms with van der Waals surface area (Å²) in [5.41, 5.74) is -0.275. The lowest BCUT2D eigenvalue weighted by molar-refractivity contribution is -0.142. The van der Waals surface area contributed by atoms with Crippen LogP contribution in [-0.2, 0) is 14.3 Å². The molecule has 3 saturated heterocycles. The Hall–Kier alpha value is -1.59. The smallest absolute Gasteiger partial charge is 0.225 e. The molecule has 5 nitrogen and oxygen atoms in total. The van der Waals surface area contributed by atoms with Crippen LogP contribution in [0.3, 0.4) is 0 Å². The summed E-state index contributed by atoms with van der Waals surface area (Å²) in [6, 6.07) is 9.89. The first kappa shape index (κ1) is 17.8. The van der Waals surface area contributed by atoms with Gasteiger partial charge in [-0.25, -0.2) is 0 Å². The molecule has 1 amide bonds. The largest absolute Gasteiger partial charge is 0.491 e. The van der Waals surface area contributed by atoms with Gasteiger partial charge in [0.05, 0.1) is 6.10 Å². The van der Waals surface area contributed by atoms with Gasteiger partial charge in [-0.1, -0.05) is 18.2 Å². The van der Waals surface area contributed by atoms with E-state index in [9.17, 15) is 4.79 Å². The summed E-state index contributed by atoms with van der Waals surface area (Å²) in [6.07, 6.45) is 3.85. The first-order chi connectivity index (χ1) is 12.6. The molecule has 0 radical (unpaired) electrons. The van der Waals surface area contributed by atoms with E-state index in [2.05, 4.69) is 11.8 Å². The van der Waals surface area contributed by atoms with E-state index in [0.29, 0.717) is 31.6 Å². The Labute approximate surface area is 155 Å². The van der Waals surface area contributed by atoms with Crippen LogP contribution >= 0.6 is 0 Å². The number of hydrogen-bond acceptors (Lipinski definition) is 4. The number of carbonyl (C=O) groups is 1. The molecule has 26 heavy (non-hydrogen) atoms. The number of hydrogen-bond donors (Lipinski definition) is 0. The number of nitrogens with zero attached hydrogens (tertiary/aromatic N) is 1. The van der Waals surface area contributed by atoms with Crippen LogP contribution in [-0.4, -0.2) is 55.4 Å². The van der Waals surface area contributed by atoms with E-state index in [1.54, 1.807) is 0 Å². The minimum atomic E-state index is -0.275. The van der Waals surface area contributed by atoms with Gasteiger partial charge in [0.1, 0.15) is 18.0 Å². The second kappa shape index (κ2) is 7.57. The summed E-state index contributed by atoms with van der Waals surface area (Å²) in [7, 11) is 0. The first-order valence-electron chi connectivity index (χ1n) is 9.85. The molecule has 0 aromatic heterocycles. The highest BCUT2D eigenvalue weighted by Crippen LogP contribution is 2.40. The normalized spacial score (nSPS) is 32.3. The SMILES string of the molecule is C[C@]1(COc2ccccc2)C[C@@H]2CN(C(=O)C3CCOCC3)CC[C@@H]2O1. The van der Waals surface area contributed by atoms with E-state index in [0.717, 1.165) is 44.5 Å². The fraction of sp³-hybridized carbons (Fsp3) is 0.667. The van der Waals surface area contributed by atoms with Crippen LogP contribution in [0.1, 0.15) is 32.6 Å². The topological polar surface area (TPSA) is 48.0 Å². The Bertz CT molecular complexity index is 616. The predicted octanol–water partition coefficient (Wildman–Crippen LogP) is 2.89. The third kappa shape index (κ3) is 3.89. The van der Waals surface area contributed by atoms with Crippen LogP contribution in [0.15, 0.2) is 30.3 Å². The number of fused-ring (bicyclic) bond motifs is 1. The number of ether oxygens (including phenoxy) is 3. The molecule has 0 aliphatic carbocycles. The molecular weight excluding hydrogens is 330 g/mol. The monoisotopic (exact) mass is 359 g/mol. The zero-order chi connectivity index (χ0) is 18.0. The van der Waals surface area contributed by atoms with E-state index >= 15 is 0 Å². The minimum Gasteiger partial charge on any atom is -0.491 e. The highest BCUT2D eigenvalue weighted by atomic mass is 16.6. The minimum absolute atomic E-state index is 0.149. The molecule has 0 N–H and O–H groups in total. The molecule has 3 aliphatic rings. The quantitative estimate of drug-likeness (QED) is 0.829. The van der Waals surface area contributed by atoms with Crippen LogP contribution < -0.4 is 4.74 Å². The van der Waals surface area contributed by atoms with Crippen molar-refractivity contribution in [1.82, 2.24) is 4.90 Å². The molecule has 3 aliphatic heterocycles. The lowest BCUT2D eigenvalue weighted by Crippen LogP contribution is -2.47. The van der Waals surface area contributed by atoms with Crippen LogP contribution in [0, 0.1) is 11.8 Å². The van der Waals surface area contributed by atoms with Crippen LogP contribution in [0.5, 0.6) is 5.75 Å². The molecule has 3 fully saturated rings. The molecule has 142 valence electrons. The van der Waals surface area contributed by atoms with Gasteiger partial charge in [0, 0.05) is 38.1 Å². The highest BCUT2D eigenvalue weighted by Gasteiger charge is 2.47. The van der Waals surface area contributed by atoms with Gasteiger partial charge in [-0.05, 0) is 44.7 Å². The molecule has 3 heterocycles. The number of piperidine rings is 1. The molecule has 5 heteroatoms. The van der Waals surface area contributed by atoms with Crippen molar-refractivity contribution in [3.63, 3.8) is 0 Å². The van der Waals surface area contributed by atoms with Gasteiger partial charge in [0.2, 0.25) is 5.91 Å². The fourth-order valence-corrected chi connectivity index (χ4v) is 4.58. The van der Waals surface area contributed by atoms with Gasteiger partial charge < -0.3 is 19.1 Å². The molecule has 4 rings (SSSR count). The number of amides is 1. The Morgan fingerprint density at radius 1 is 1.23 bits per heavy atom. The number of para-hydroxylation sites is 1. The fourth-order valence-electron chi connectivity index (χ4n) is 4.58. The molecule has 1 aromatic rings. The average molecular weight is 359 g/mol. The molecule has 0 bridgehead atoms. The van der Waals surface area contributed by atoms with E-state index in [1.807, 2.05) is 30.3 Å². The third-order valence-corrected chi connectivity index (χ3v) is 5.96. The van der Waals surface area contributed by atoms with Crippen molar-refractivity contribution in [2.24, 2.45) is 11.8 Å². The van der Waals surface area contributed by atoms with Crippen LogP contribution in [0.2, 0.25) is 0 Å². The maximum atomic E-state index is 12.8. The van der Waals surface area contributed by atoms with Gasteiger partial charge >= 0.3 is 0 Å². The van der Waals surface area contributed by atoms with Gasteiger partial charge in [-0.3, -0.25) is 4.79 Å². The molecule has 1 aromatic carbocycles. The zero-order valence-corrected chi connectivity index (χ0v) is 15.6. The molecule has 0 saturated carbocycles. The first-order valence-corrected chi connectivity index (χ1v) is 9.85. The van der Waals surface area contributed by atoms with Crippen molar-refractivity contribution in [2.45, 2.75) is 44.3 Å². The van der Waals surface area contributed by atoms with Crippen LogP contribution in [0.4, 0.5) is 0 Å². The van der Waals surface area contributed by atoms with Crippen molar-refractivity contribution in [3.05, 3.63) is 30.3 Å². The summed E-state index contributed by atoms with van der Waals surface area (Å²) >= 11 is 0. The van der Waals surface area contributed by atoms with Gasteiger partial charge in [-0.2, -0.15) is 0 Å². The second-order valence-corrected chi connectivity index (χ2v) is 8.13. The Balaban J connectivity index is 1.32. The standard InChI is InChI=1S/C21H29NO4/c1-21(15-25-18-5-3-2-4-6-18)13-17-14-22(10-7-19(17)26-21)20(23)16-8-11-24-12-9-16/h2-6,16-17,19H,7-15H2,1H3/t17-,19+,21-/m1/s1. The number of likely N-dealkylation sites (tertiary alicyclic amines) is 1. The summed E-state index contributed by atoms with van der Waals surface area (Å²) < 4.78 is 17.7. The van der Waals surface area contributed by atoms with E-state index in [1.165, 1.54) is 0 Å². The van der Waals surface area contributed by atoms with Crippen LogP contribution in [0.25, 0.3) is 0 Å². The molecule has 3 atom stereocenters. The van der Waals surface area contributed by atoms with E-state index in [-0.39, 0.29) is 17.6 Å². The summed E-state index contributed by atoms with van der Waals surface area (Å²) in [6.45, 7) is 5.76. The average Bonchev–Trinajstić information content (AvgIpc) is 3.03. The zero-order valence-electron chi connectivity index (χ0n) is 15.6. The summed E-state index contributed by atoms with van der Waals surface area (Å²) in [5.74, 6) is 1.76. The van der Waals surface area contributed by atoms with Crippen molar-refractivity contribution in [3.8, 4) is 5.75 Å². The lowest BCUT2D eigenvalue weighted by Gasteiger charge is -2.36. The molecular formula is C21H29NO4. The highest BCUT2D eigenvalue weighted by molar-refractivity contribution is 5.79. The second-order valence-electron chi connectivity index (χ2n) is 8.13. The third-order valence-electron chi connectivity index (χ3n) is 5.96. The van der Waals surface area contributed by atoms with Crippen molar-refractivity contribution in [1.29, 1.82) is 0 Å². The predicted molar refractivity (Wildman–Crippen MR) is 98.1 cm³/mol. The van der Waals surface area contributed by atoms with E-state index in [4.69, 9.17) is 14.2 Å². The lowest BCUT2D eigenvalue weighted by atomic mass is 9.88. The van der Waals surface area contributed by atoms with Crippen molar-refractivity contribution >= 4 is 5.91 Å². The Morgan fingerprint density at radius 3 is 2.77 bits per heavy atom. The van der Waals surface area contributed by atoms with Crippen molar-refractivity contribution < 1.29 is 19.0 Å². The number of rotatable bonds is 4. The number of benzene rings is 1. The number of carbonyl (C=O) groups excluding carboxylic acids is 1. The maximum Gasteiger partial charge on any atom is 0.225 e. The Kier molecular flexibility index (Phi) is 5.18. The summed E-state index contributed by atoms with van der Waals surface area (Å²) in [5, 5.41) is 0. The van der Waals surface area contributed by atoms with Gasteiger partial charge in [0.25, 0.3) is 0 Å². The Morgan fingerprint density at radius 2 is 2.00 bits per heavy atom. The van der Waals surface area contributed by atoms with Crippen molar-refractivity contribution in [2.75, 3.05) is 32.9 Å². The summed E-state index contributed by atoms with van der Waals surface area (Å²) in [4.78, 5) is 14.9. The maximum absolute atomic E-state index is 12.8. The molecule has 0 spiro atoms. The van der Waals surface area contributed by atoms with Gasteiger partial charge in [-0.15, -0.1) is 0 Å².